The van der Waals surface area contributed by atoms with Gasteiger partial charge in [-0.25, -0.2) is 14.0 Å². The molecule has 0 aliphatic heterocycles. The van der Waals surface area contributed by atoms with Crippen LogP contribution in [0.1, 0.15) is 34.6 Å². The molecule has 16 heavy (non-hydrogen) atoms. The van der Waals surface area contributed by atoms with E-state index in [4.69, 9.17) is 9.84 Å². The molecule has 1 N–H and O–H groups in total. The summed E-state index contributed by atoms with van der Waals surface area (Å²) in [5.74, 6) is -2.82. The lowest BCUT2D eigenvalue weighted by atomic mass is 10.1. The van der Waals surface area contributed by atoms with E-state index in [1.165, 1.54) is 0 Å². The van der Waals surface area contributed by atoms with Crippen LogP contribution in [0, 0.1) is 5.82 Å². The second-order valence-electron chi connectivity index (χ2n) is 3.45. The number of rotatable bonds is 3. The Kier molecular flexibility index (Phi) is 3.60. The predicted octanol–water partition coefficient (Wildman–Crippen LogP) is 2.09. The van der Waals surface area contributed by atoms with Crippen molar-refractivity contribution in [1.29, 1.82) is 0 Å². The van der Waals surface area contributed by atoms with E-state index in [2.05, 4.69) is 0 Å². The largest absolute Gasteiger partial charge is 0.478 e. The molecule has 4 nitrogen and oxygen atoms in total. The number of hydrogen-bond donors (Lipinski definition) is 1. The molecule has 0 saturated carbocycles. The first-order valence-corrected chi connectivity index (χ1v) is 4.65. The molecule has 0 atom stereocenters. The molecule has 0 spiro atoms. The Morgan fingerprint density at radius 3 is 2.44 bits per heavy atom. The molecule has 0 heterocycles. The molecule has 1 aromatic carbocycles. The summed E-state index contributed by atoms with van der Waals surface area (Å²) in [7, 11) is 0. The second-order valence-corrected chi connectivity index (χ2v) is 3.45. The lowest BCUT2D eigenvalue weighted by Crippen LogP contribution is -2.15. The van der Waals surface area contributed by atoms with Gasteiger partial charge in [0.2, 0.25) is 0 Å². The maximum absolute atomic E-state index is 12.9. The van der Waals surface area contributed by atoms with E-state index in [-0.39, 0.29) is 11.1 Å². The average molecular weight is 226 g/mol. The maximum Gasteiger partial charge on any atom is 0.339 e. The summed E-state index contributed by atoms with van der Waals surface area (Å²) in [5, 5.41) is 8.81. The molecule has 5 heteroatoms. The van der Waals surface area contributed by atoms with E-state index in [9.17, 15) is 14.0 Å². The molecule has 0 radical (unpaired) electrons. The van der Waals surface area contributed by atoms with E-state index in [1.54, 1.807) is 13.8 Å². The van der Waals surface area contributed by atoms with Crippen molar-refractivity contribution in [3.05, 3.63) is 35.1 Å². The molecule has 0 saturated heterocycles. The summed E-state index contributed by atoms with van der Waals surface area (Å²) in [6, 6.07) is 2.87. The van der Waals surface area contributed by atoms with Gasteiger partial charge in [-0.3, -0.25) is 0 Å². The second kappa shape index (κ2) is 4.74. The van der Waals surface area contributed by atoms with Crippen LogP contribution in [0.25, 0.3) is 0 Å². The van der Waals surface area contributed by atoms with E-state index in [1.807, 2.05) is 0 Å². The van der Waals surface area contributed by atoms with Crippen molar-refractivity contribution >= 4 is 11.9 Å². The zero-order valence-electron chi connectivity index (χ0n) is 8.86. The van der Waals surface area contributed by atoms with Crippen LogP contribution in [0.3, 0.4) is 0 Å². The van der Waals surface area contributed by atoms with Crippen LogP contribution in [0.4, 0.5) is 4.39 Å². The summed E-state index contributed by atoms with van der Waals surface area (Å²) in [4.78, 5) is 22.3. The summed E-state index contributed by atoms with van der Waals surface area (Å²) >= 11 is 0. The number of benzene rings is 1. The number of ether oxygens (including phenoxy) is 1. The Morgan fingerprint density at radius 2 is 1.94 bits per heavy atom. The summed E-state index contributed by atoms with van der Waals surface area (Å²) in [6.45, 7) is 3.25. The minimum Gasteiger partial charge on any atom is -0.478 e. The number of esters is 1. The van der Waals surface area contributed by atoms with Crippen LogP contribution < -0.4 is 0 Å². The van der Waals surface area contributed by atoms with Gasteiger partial charge >= 0.3 is 11.9 Å². The van der Waals surface area contributed by atoms with Gasteiger partial charge < -0.3 is 9.84 Å². The average Bonchev–Trinajstić information content (AvgIpc) is 2.15. The molecule has 1 rings (SSSR count). The Labute approximate surface area is 91.7 Å². The van der Waals surface area contributed by atoms with Gasteiger partial charge in [0.1, 0.15) is 5.82 Å². The fraction of sp³-hybridized carbons (Fsp3) is 0.273. The smallest absolute Gasteiger partial charge is 0.339 e. The predicted molar refractivity (Wildman–Crippen MR) is 53.9 cm³/mol. The minimum atomic E-state index is -1.30. The van der Waals surface area contributed by atoms with Gasteiger partial charge in [0, 0.05) is 0 Å². The lowest BCUT2D eigenvalue weighted by molar-refractivity contribution is 0.0370. The standard InChI is InChI=1S/C11H11FO4/c1-6(2)16-11(15)9-5-7(12)3-4-8(9)10(13)14/h3-6H,1-2H3,(H,13,14). The van der Waals surface area contributed by atoms with Gasteiger partial charge in [0.25, 0.3) is 0 Å². The Balaban J connectivity index is 3.14. The van der Waals surface area contributed by atoms with Gasteiger partial charge in [-0.05, 0) is 32.0 Å². The quantitative estimate of drug-likeness (QED) is 0.801. The van der Waals surface area contributed by atoms with Gasteiger partial charge in [0.05, 0.1) is 17.2 Å². The van der Waals surface area contributed by atoms with Crippen molar-refractivity contribution in [2.45, 2.75) is 20.0 Å². The molecular formula is C11H11FO4. The highest BCUT2D eigenvalue weighted by atomic mass is 19.1. The highest BCUT2D eigenvalue weighted by molar-refractivity contribution is 6.02. The zero-order chi connectivity index (χ0) is 12.3. The zero-order valence-corrected chi connectivity index (χ0v) is 8.86. The molecule has 0 unspecified atom stereocenters. The van der Waals surface area contributed by atoms with Crippen LogP contribution in [0.5, 0.6) is 0 Å². The monoisotopic (exact) mass is 226 g/mol. The van der Waals surface area contributed by atoms with Gasteiger partial charge in [-0.15, -0.1) is 0 Å². The van der Waals surface area contributed by atoms with Gasteiger partial charge in [-0.2, -0.15) is 0 Å². The van der Waals surface area contributed by atoms with Crippen molar-refractivity contribution in [1.82, 2.24) is 0 Å². The Hall–Kier alpha value is -1.91. The number of carboxylic acid groups (broad SMARTS) is 1. The Bertz CT molecular complexity index is 426. The van der Waals surface area contributed by atoms with Gasteiger partial charge in [0.15, 0.2) is 0 Å². The molecule has 0 aliphatic carbocycles. The molecular weight excluding hydrogens is 215 g/mol. The SMILES string of the molecule is CC(C)OC(=O)c1cc(F)ccc1C(=O)O. The van der Waals surface area contributed by atoms with E-state index < -0.39 is 23.9 Å². The molecule has 1 aromatic rings. The number of aromatic carboxylic acids is 1. The number of halogens is 1. The van der Waals surface area contributed by atoms with Crippen molar-refractivity contribution < 1.29 is 23.8 Å². The van der Waals surface area contributed by atoms with E-state index in [0.717, 1.165) is 18.2 Å². The number of carbonyl (C=O) groups excluding carboxylic acids is 1. The first-order chi connectivity index (χ1) is 7.41. The summed E-state index contributed by atoms with van der Waals surface area (Å²) in [6.07, 6.45) is -0.391. The van der Waals surface area contributed by atoms with Crippen LogP contribution in [0.2, 0.25) is 0 Å². The highest BCUT2D eigenvalue weighted by Crippen LogP contribution is 2.13. The number of carbonyl (C=O) groups is 2. The third kappa shape index (κ3) is 2.79. The van der Waals surface area contributed by atoms with Crippen molar-refractivity contribution in [3.63, 3.8) is 0 Å². The Morgan fingerprint density at radius 1 is 1.31 bits per heavy atom. The molecule has 0 aliphatic rings. The fourth-order valence-electron chi connectivity index (χ4n) is 1.15. The van der Waals surface area contributed by atoms with Crippen LogP contribution in [0.15, 0.2) is 18.2 Å². The topological polar surface area (TPSA) is 63.6 Å². The molecule has 86 valence electrons. The summed E-state index contributed by atoms with van der Waals surface area (Å²) in [5.41, 5.74) is -0.548. The third-order valence-corrected chi connectivity index (χ3v) is 1.77. The normalized spacial score (nSPS) is 10.2. The van der Waals surface area contributed by atoms with Crippen molar-refractivity contribution in [3.8, 4) is 0 Å². The van der Waals surface area contributed by atoms with Crippen LogP contribution in [-0.2, 0) is 4.74 Å². The van der Waals surface area contributed by atoms with Crippen molar-refractivity contribution in [2.75, 3.05) is 0 Å². The molecule has 0 fully saturated rings. The van der Waals surface area contributed by atoms with Crippen molar-refractivity contribution in [2.24, 2.45) is 0 Å². The first-order valence-electron chi connectivity index (χ1n) is 4.65. The van der Waals surface area contributed by atoms with Crippen LogP contribution in [-0.4, -0.2) is 23.1 Å². The van der Waals surface area contributed by atoms with Crippen LogP contribution >= 0.6 is 0 Å². The number of hydrogen-bond acceptors (Lipinski definition) is 3. The number of carboxylic acids is 1. The fourth-order valence-corrected chi connectivity index (χ4v) is 1.15. The minimum absolute atomic E-state index is 0.271. The van der Waals surface area contributed by atoms with Gasteiger partial charge in [-0.1, -0.05) is 0 Å². The lowest BCUT2D eigenvalue weighted by Gasteiger charge is -2.09. The molecule has 0 bridgehead atoms. The molecule has 0 amide bonds. The van der Waals surface area contributed by atoms with E-state index >= 15 is 0 Å². The first kappa shape index (κ1) is 12.2. The highest BCUT2D eigenvalue weighted by Gasteiger charge is 2.19. The summed E-state index contributed by atoms with van der Waals surface area (Å²) < 4.78 is 17.7. The third-order valence-electron chi connectivity index (χ3n) is 1.77. The maximum atomic E-state index is 12.9. The van der Waals surface area contributed by atoms with E-state index in [0.29, 0.717) is 0 Å². The molecule has 0 aromatic heterocycles.